The van der Waals surface area contributed by atoms with E-state index in [1.54, 1.807) is 0 Å². The number of carbonyl (C=O) groups is 6. The predicted molar refractivity (Wildman–Crippen MR) is 178 cm³/mol. The van der Waals surface area contributed by atoms with Crippen LogP contribution in [0.3, 0.4) is 0 Å². The first-order valence-electron chi connectivity index (χ1n) is 17.5. The van der Waals surface area contributed by atoms with Crippen LogP contribution in [0.2, 0.25) is 0 Å². The van der Waals surface area contributed by atoms with Crippen molar-refractivity contribution in [3.05, 3.63) is 0 Å². The number of hydrogen-bond donors (Lipinski definition) is 4. The van der Waals surface area contributed by atoms with Gasteiger partial charge < -0.3 is 39.8 Å². The van der Waals surface area contributed by atoms with Crippen molar-refractivity contribution in [1.82, 2.24) is 10.6 Å². The number of nitrogens with one attached hydrogen (secondary N) is 2. The predicted octanol–water partition coefficient (Wildman–Crippen LogP) is 3.47. The molecule has 0 saturated heterocycles. The smallest absolute Gasteiger partial charge is 0.306 e. The lowest BCUT2D eigenvalue weighted by molar-refractivity contribution is -0.144. The van der Waals surface area contributed by atoms with Gasteiger partial charge in [-0.2, -0.15) is 0 Å². The highest BCUT2D eigenvalue weighted by Gasteiger charge is 2.22. The topological polar surface area (TPSA) is 204 Å². The maximum absolute atomic E-state index is 12.3. The standard InChI is InChI=1S/C34H60N2O12/c1-2-17-35-32(40)27-48-24-21-45-19-11-13-30(38)26-47-23-22-46-20-18-36-31(39)16-15-28(34(43)44)25-29(37)12-9-7-5-3-4-6-8-10-14-33(41)42/h28H,2-27H2,1H3,(H,35,40)(H,36,39)(H,41,42)(H,43,44)/t28-/m1/s1. The Morgan fingerprint density at radius 3 is 1.71 bits per heavy atom. The zero-order valence-corrected chi connectivity index (χ0v) is 28.9. The van der Waals surface area contributed by atoms with E-state index in [9.17, 15) is 33.9 Å². The van der Waals surface area contributed by atoms with Crippen molar-refractivity contribution in [2.75, 3.05) is 65.9 Å². The first-order valence-corrected chi connectivity index (χ1v) is 17.5. The number of carboxylic acids is 2. The second-order valence-electron chi connectivity index (χ2n) is 11.7. The maximum Gasteiger partial charge on any atom is 0.306 e. The van der Waals surface area contributed by atoms with Gasteiger partial charge in [-0.1, -0.05) is 45.4 Å². The molecule has 2 amide bonds. The minimum absolute atomic E-state index is 0.00139. The van der Waals surface area contributed by atoms with Gasteiger partial charge in [0.25, 0.3) is 0 Å². The number of carbonyl (C=O) groups excluding carboxylic acids is 4. The van der Waals surface area contributed by atoms with E-state index in [1.165, 1.54) is 0 Å². The molecule has 4 N–H and O–H groups in total. The van der Waals surface area contributed by atoms with E-state index in [1.807, 2.05) is 6.92 Å². The van der Waals surface area contributed by atoms with Crippen LogP contribution >= 0.6 is 0 Å². The molecule has 278 valence electrons. The zero-order valence-electron chi connectivity index (χ0n) is 28.9. The van der Waals surface area contributed by atoms with Crippen LogP contribution in [-0.4, -0.2) is 111 Å². The van der Waals surface area contributed by atoms with E-state index >= 15 is 0 Å². The van der Waals surface area contributed by atoms with E-state index in [-0.39, 0.29) is 88.6 Å². The first kappa shape index (κ1) is 45.1. The number of amides is 2. The number of rotatable bonds is 36. The third kappa shape index (κ3) is 31.6. The maximum atomic E-state index is 12.3. The van der Waals surface area contributed by atoms with Crippen LogP contribution < -0.4 is 10.6 Å². The summed E-state index contributed by atoms with van der Waals surface area (Å²) < 4.78 is 21.3. The van der Waals surface area contributed by atoms with E-state index in [2.05, 4.69) is 10.6 Å². The fraction of sp³-hybridized carbons (Fsp3) is 0.824. The molecule has 0 fully saturated rings. The van der Waals surface area contributed by atoms with Crippen molar-refractivity contribution < 1.29 is 57.9 Å². The lowest BCUT2D eigenvalue weighted by Gasteiger charge is -2.12. The molecule has 1 atom stereocenters. The van der Waals surface area contributed by atoms with E-state index in [0.717, 1.165) is 44.9 Å². The highest BCUT2D eigenvalue weighted by Crippen LogP contribution is 2.16. The molecule has 0 aliphatic carbocycles. The fourth-order valence-corrected chi connectivity index (χ4v) is 4.55. The molecule has 0 aromatic carbocycles. The van der Waals surface area contributed by atoms with E-state index in [0.29, 0.717) is 58.5 Å². The SMILES string of the molecule is CCCNC(=O)COCCOCCCC(=O)COCCOCCNC(=O)CC[C@H](CC(=O)CCCCCCCCCCC(=O)O)C(=O)O. The average molecular weight is 689 g/mol. The van der Waals surface area contributed by atoms with Gasteiger partial charge in [0.15, 0.2) is 5.78 Å². The summed E-state index contributed by atoms with van der Waals surface area (Å²) >= 11 is 0. The summed E-state index contributed by atoms with van der Waals surface area (Å²) in [6.07, 6.45) is 9.59. The Morgan fingerprint density at radius 1 is 0.542 bits per heavy atom. The monoisotopic (exact) mass is 688 g/mol. The molecule has 0 aromatic heterocycles. The normalized spacial score (nSPS) is 11.6. The van der Waals surface area contributed by atoms with Gasteiger partial charge in [-0.25, -0.2) is 0 Å². The van der Waals surface area contributed by atoms with Gasteiger partial charge >= 0.3 is 11.9 Å². The summed E-state index contributed by atoms with van der Waals surface area (Å²) in [6, 6.07) is 0. The van der Waals surface area contributed by atoms with Gasteiger partial charge in [-0.3, -0.25) is 28.8 Å². The number of hydrogen-bond acceptors (Lipinski definition) is 10. The lowest BCUT2D eigenvalue weighted by atomic mass is 9.94. The van der Waals surface area contributed by atoms with Crippen molar-refractivity contribution in [3.8, 4) is 0 Å². The van der Waals surface area contributed by atoms with E-state index < -0.39 is 17.9 Å². The number of aliphatic carboxylic acids is 2. The molecule has 0 rings (SSSR count). The van der Waals surface area contributed by atoms with Crippen LogP contribution in [0.4, 0.5) is 0 Å². The second-order valence-corrected chi connectivity index (χ2v) is 11.7. The molecular weight excluding hydrogens is 628 g/mol. The second kappa shape index (κ2) is 32.6. The van der Waals surface area contributed by atoms with Crippen LogP contribution in [0, 0.1) is 5.92 Å². The Hall–Kier alpha value is -2.94. The third-order valence-corrected chi connectivity index (χ3v) is 7.26. The molecule has 0 saturated carbocycles. The zero-order chi connectivity index (χ0) is 35.7. The van der Waals surface area contributed by atoms with Gasteiger partial charge in [0, 0.05) is 51.8 Å². The summed E-state index contributed by atoms with van der Waals surface area (Å²) in [7, 11) is 0. The highest BCUT2D eigenvalue weighted by molar-refractivity contribution is 5.84. The Kier molecular flexibility index (Phi) is 30.6. The Morgan fingerprint density at radius 2 is 1.08 bits per heavy atom. The van der Waals surface area contributed by atoms with Crippen molar-refractivity contribution in [2.45, 2.75) is 110 Å². The Balaban J connectivity index is 3.69. The molecule has 0 radical (unpaired) electrons. The number of unbranched alkanes of at least 4 members (excludes halogenated alkanes) is 7. The average Bonchev–Trinajstić information content (AvgIpc) is 3.04. The molecule has 14 heteroatoms. The summed E-state index contributed by atoms with van der Waals surface area (Å²) in [4.78, 5) is 69.7. The summed E-state index contributed by atoms with van der Waals surface area (Å²) in [6.45, 7) is 4.58. The van der Waals surface area contributed by atoms with Crippen LogP contribution in [0.25, 0.3) is 0 Å². The Bertz CT molecular complexity index is 899. The Labute approximate surface area is 285 Å². The highest BCUT2D eigenvalue weighted by atomic mass is 16.5. The minimum Gasteiger partial charge on any atom is -0.481 e. The van der Waals surface area contributed by atoms with Crippen molar-refractivity contribution in [1.29, 1.82) is 0 Å². The molecule has 0 bridgehead atoms. The molecule has 0 aliphatic heterocycles. The quantitative estimate of drug-likeness (QED) is 0.0699. The first-order chi connectivity index (χ1) is 23.1. The molecular formula is C34H60N2O12. The fourth-order valence-electron chi connectivity index (χ4n) is 4.55. The molecule has 48 heavy (non-hydrogen) atoms. The molecule has 0 aromatic rings. The summed E-state index contributed by atoms with van der Waals surface area (Å²) in [5, 5.41) is 23.5. The molecule has 0 spiro atoms. The summed E-state index contributed by atoms with van der Waals surface area (Å²) in [5.41, 5.74) is 0. The van der Waals surface area contributed by atoms with Crippen LogP contribution in [-0.2, 0) is 47.7 Å². The van der Waals surface area contributed by atoms with Crippen molar-refractivity contribution in [2.24, 2.45) is 5.92 Å². The van der Waals surface area contributed by atoms with Gasteiger partial charge in [0.1, 0.15) is 19.0 Å². The number of Topliss-reactive ketones (excluding diaryl/α,β-unsaturated/α-hetero) is 2. The van der Waals surface area contributed by atoms with Crippen molar-refractivity contribution in [3.63, 3.8) is 0 Å². The molecule has 0 heterocycles. The lowest BCUT2D eigenvalue weighted by Crippen LogP contribution is -2.29. The van der Waals surface area contributed by atoms with Gasteiger partial charge in [0.05, 0.1) is 39.0 Å². The van der Waals surface area contributed by atoms with Gasteiger partial charge in [0.2, 0.25) is 11.8 Å². The van der Waals surface area contributed by atoms with E-state index in [4.69, 9.17) is 24.1 Å². The largest absolute Gasteiger partial charge is 0.481 e. The molecule has 14 nitrogen and oxygen atoms in total. The molecule has 0 unspecified atom stereocenters. The number of ether oxygens (including phenoxy) is 4. The molecule has 0 aliphatic rings. The minimum atomic E-state index is -1.08. The van der Waals surface area contributed by atoms with Gasteiger partial charge in [-0.05, 0) is 32.1 Å². The van der Waals surface area contributed by atoms with Crippen LogP contribution in [0.1, 0.15) is 110 Å². The van der Waals surface area contributed by atoms with Crippen LogP contribution in [0.5, 0.6) is 0 Å². The number of carboxylic acid groups (broad SMARTS) is 2. The summed E-state index contributed by atoms with van der Waals surface area (Å²) in [5.74, 6) is -3.36. The number of ketones is 2. The van der Waals surface area contributed by atoms with Crippen molar-refractivity contribution >= 4 is 35.3 Å². The van der Waals surface area contributed by atoms with Gasteiger partial charge in [-0.15, -0.1) is 0 Å². The van der Waals surface area contributed by atoms with Crippen LogP contribution in [0.15, 0.2) is 0 Å². The third-order valence-electron chi connectivity index (χ3n) is 7.26.